The van der Waals surface area contributed by atoms with Crippen molar-refractivity contribution in [2.24, 2.45) is 0 Å². The topological polar surface area (TPSA) is 48.4 Å². The number of ether oxygens (including phenoxy) is 2. The Balaban J connectivity index is 2.07. The van der Waals surface area contributed by atoms with Crippen LogP contribution in [0.4, 0.5) is 0 Å². The van der Waals surface area contributed by atoms with Crippen LogP contribution in [0.2, 0.25) is 10.0 Å². The molecule has 0 spiro atoms. The van der Waals surface area contributed by atoms with Gasteiger partial charge >= 0.3 is 0 Å². The molecule has 1 aromatic heterocycles. The zero-order chi connectivity index (χ0) is 17.0. The number of carbonyl (C=O) groups is 1. The molecule has 0 aliphatic rings. The molecule has 1 unspecified atom stereocenters. The summed E-state index contributed by atoms with van der Waals surface area (Å²) in [6.07, 6.45) is 1.53. The number of nitrogens with zero attached hydrogens (tertiary/aromatic N) is 1. The molecule has 0 aliphatic heterocycles. The molecule has 1 atom stereocenters. The van der Waals surface area contributed by atoms with Crippen molar-refractivity contribution in [2.75, 3.05) is 0 Å². The molecule has 4 nitrogen and oxygen atoms in total. The van der Waals surface area contributed by atoms with E-state index in [1.165, 1.54) is 6.20 Å². The number of ketones is 1. The predicted octanol–water partition coefficient (Wildman–Crippen LogP) is 4.91. The minimum Gasteiger partial charge on any atom is -0.480 e. The average Bonchev–Trinajstić information content (AvgIpc) is 2.51. The Morgan fingerprint density at radius 1 is 1.22 bits per heavy atom. The van der Waals surface area contributed by atoms with Crippen LogP contribution in [-0.4, -0.2) is 21.4 Å². The fraction of sp³-hybridized carbons (Fsp3) is 0.250. The largest absolute Gasteiger partial charge is 0.480 e. The van der Waals surface area contributed by atoms with Gasteiger partial charge in [-0.15, -0.1) is 0 Å². The van der Waals surface area contributed by atoms with Crippen LogP contribution >= 0.6 is 39.1 Å². The lowest BCUT2D eigenvalue weighted by molar-refractivity contribution is -0.135. The number of pyridine rings is 1. The van der Waals surface area contributed by atoms with E-state index in [0.717, 1.165) is 0 Å². The van der Waals surface area contributed by atoms with Crippen molar-refractivity contribution in [2.45, 2.75) is 24.5 Å². The van der Waals surface area contributed by atoms with Crippen LogP contribution in [0.15, 0.2) is 42.6 Å². The van der Waals surface area contributed by atoms with Gasteiger partial charge in [-0.3, -0.25) is 4.79 Å². The Bertz CT molecular complexity index is 692. The zero-order valence-corrected chi connectivity index (χ0v) is 15.5. The van der Waals surface area contributed by atoms with Gasteiger partial charge in [0.2, 0.25) is 16.7 Å². The maximum Gasteiger partial charge on any atom is 0.234 e. The summed E-state index contributed by atoms with van der Waals surface area (Å²) in [7, 11) is 0. The standard InChI is InChI=1S/C16H14BrCl2NO3/c1-16(2,23-11-7-5-10(18)6-8-11)13(21)14(17)22-15-12(19)4-3-9-20-15/h3-9,14H,1-2H3. The molecule has 23 heavy (non-hydrogen) atoms. The van der Waals surface area contributed by atoms with Crippen LogP contribution < -0.4 is 9.47 Å². The summed E-state index contributed by atoms with van der Waals surface area (Å²) in [5, 5.41) is -0.0358. The summed E-state index contributed by atoms with van der Waals surface area (Å²) >= 11 is 15.0. The van der Waals surface area contributed by atoms with E-state index in [1.807, 2.05) is 0 Å². The minimum absolute atomic E-state index is 0.173. The Labute approximate surface area is 152 Å². The van der Waals surface area contributed by atoms with Gasteiger partial charge in [0, 0.05) is 11.2 Å². The van der Waals surface area contributed by atoms with Gasteiger partial charge in [-0.05, 0) is 66.2 Å². The number of benzene rings is 1. The van der Waals surface area contributed by atoms with Gasteiger partial charge in [-0.25, -0.2) is 4.98 Å². The highest BCUT2D eigenvalue weighted by Crippen LogP contribution is 2.27. The van der Waals surface area contributed by atoms with E-state index in [-0.39, 0.29) is 11.7 Å². The lowest BCUT2D eigenvalue weighted by Gasteiger charge is -2.27. The fourth-order valence-electron chi connectivity index (χ4n) is 1.73. The third kappa shape index (κ3) is 4.83. The Morgan fingerprint density at radius 2 is 1.87 bits per heavy atom. The number of aromatic nitrogens is 1. The molecule has 0 saturated heterocycles. The summed E-state index contributed by atoms with van der Waals surface area (Å²) < 4.78 is 11.2. The second kappa shape index (κ2) is 7.51. The van der Waals surface area contributed by atoms with E-state index in [1.54, 1.807) is 50.2 Å². The molecule has 0 radical (unpaired) electrons. The predicted molar refractivity (Wildman–Crippen MR) is 93.8 cm³/mol. The van der Waals surface area contributed by atoms with E-state index in [2.05, 4.69) is 20.9 Å². The second-order valence-corrected chi connectivity index (χ2v) is 6.83. The van der Waals surface area contributed by atoms with Crippen molar-refractivity contribution < 1.29 is 14.3 Å². The summed E-state index contributed by atoms with van der Waals surface area (Å²) in [4.78, 5) is 16.5. The van der Waals surface area contributed by atoms with Gasteiger partial charge in [0.1, 0.15) is 10.8 Å². The molecular weight excluding hydrogens is 405 g/mol. The molecule has 2 aromatic rings. The smallest absolute Gasteiger partial charge is 0.234 e. The molecule has 0 aliphatic carbocycles. The number of carbonyl (C=O) groups excluding carboxylic acids is 1. The normalized spacial score (nSPS) is 12.6. The van der Waals surface area contributed by atoms with Gasteiger partial charge < -0.3 is 9.47 Å². The monoisotopic (exact) mass is 417 g/mol. The first-order chi connectivity index (χ1) is 10.8. The van der Waals surface area contributed by atoms with Crippen LogP contribution in [0.25, 0.3) is 0 Å². The first-order valence-electron chi connectivity index (χ1n) is 6.70. The van der Waals surface area contributed by atoms with E-state index in [9.17, 15) is 4.79 Å². The molecule has 122 valence electrons. The van der Waals surface area contributed by atoms with Crippen LogP contribution in [0.1, 0.15) is 13.8 Å². The molecule has 0 amide bonds. The lowest BCUT2D eigenvalue weighted by Crippen LogP contribution is -2.44. The minimum atomic E-state index is -1.12. The fourth-order valence-corrected chi connectivity index (χ4v) is 2.75. The number of alkyl halides is 1. The van der Waals surface area contributed by atoms with Gasteiger partial charge in [-0.1, -0.05) is 23.2 Å². The first-order valence-corrected chi connectivity index (χ1v) is 8.37. The highest BCUT2D eigenvalue weighted by Gasteiger charge is 2.36. The summed E-state index contributed by atoms with van der Waals surface area (Å²) in [5.74, 6) is 0.393. The highest BCUT2D eigenvalue weighted by molar-refractivity contribution is 9.09. The average molecular weight is 419 g/mol. The second-order valence-electron chi connectivity index (χ2n) is 5.15. The summed E-state index contributed by atoms with van der Waals surface area (Å²) in [6.45, 7) is 3.31. The maximum absolute atomic E-state index is 12.6. The quantitative estimate of drug-likeness (QED) is 0.625. The lowest BCUT2D eigenvalue weighted by atomic mass is 10.0. The third-order valence-corrected chi connectivity index (χ3v) is 4.07. The molecule has 1 heterocycles. The summed E-state index contributed by atoms with van der Waals surface area (Å²) in [6, 6.07) is 10.1. The van der Waals surface area contributed by atoms with E-state index < -0.39 is 10.6 Å². The first kappa shape index (κ1) is 18.0. The Kier molecular flexibility index (Phi) is 5.89. The molecule has 2 rings (SSSR count). The van der Waals surface area contributed by atoms with Gasteiger partial charge in [0.15, 0.2) is 5.60 Å². The molecular formula is C16H14BrCl2NO3. The molecule has 0 N–H and O–H groups in total. The van der Waals surface area contributed by atoms with Crippen molar-refractivity contribution in [1.29, 1.82) is 0 Å². The molecule has 1 aromatic carbocycles. The summed E-state index contributed by atoms with van der Waals surface area (Å²) in [5.41, 5.74) is -1.12. The molecule has 7 heteroatoms. The van der Waals surface area contributed by atoms with Crippen molar-refractivity contribution in [3.8, 4) is 11.6 Å². The zero-order valence-electron chi connectivity index (χ0n) is 12.4. The van der Waals surface area contributed by atoms with Crippen LogP contribution in [-0.2, 0) is 4.79 Å². The van der Waals surface area contributed by atoms with Crippen molar-refractivity contribution in [1.82, 2.24) is 4.98 Å². The molecule has 0 saturated carbocycles. The van der Waals surface area contributed by atoms with Gasteiger partial charge in [0.05, 0.1) is 0 Å². The maximum atomic E-state index is 12.6. The van der Waals surface area contributed by atoms with E-state index >= 15 is 0 Å². The van der Waals surface area contributed by atoms with Gasteiger partial charge in [0.25, 0.3) is 0 Å². The van der Waals surface area contributed by atoms with Crippen molar-refractivity contribution in [3.05, 3.63) is 52.6 Å². The number of halogens is 3. The van der Waals surface area contributed by atoms with Crippen LogP contribution in [0, 0.1) is 0 Å². The SMILES string of the molecule is CC(C)(Oc1ccc(Cl)cc1)C(=O)C(Br)Oc1ncccc1Cl. The molecule has 0 bridgehead atoms. The van der Waals surface area contributed by atoms with Crippen LogP contribution in [0.5, 0.6) is 11.6 Å². The number of rotatable bonds is 6. The number of hydrogen-bond acceptors (Lipinski definition) is 4. The van der Waals surface area contributed by atoms with Gasteiger partial charge in [-0.2, -0.15) is 0 Å². The van der Waals surface area contributed by atoms with E-state index in [0.29, 0.717) is 15.8 Å². The molecule has 0 fully saturated rings. The number of Topliss-reactive ketones (excluding diaryl/α,β-unsaturated/α-hetero) is 1. The van der Waals surface area contributed by atoms with Crippen molar-refractivity contribution in [3.63, 3.8) is 0 Å². The highest BCUT2D eigenvalue weighted by atomic mass is 79.9. The number of hydrogen-bond donors (Lipinski definition) is 0. The van der Waals surface area contributed by atoms with Crippen molar-refractivity contribution >= 4 is 44.9 Å². The Hall–Kier alpha value is -1.30. The van der Waals surface area contributed by atoms with E-state index in [4.69, 9.17) is 32.7 Å². The Morgan fingerprint density at radius 3 is 2.48 bits per heavy atom. The van der Waals surface area contributed by atoms with Crippen LogP contribution in [0.3, 0.4) is 0 Å². The third-order valence-electron chi connectivity index (χ3n) is 2.93.